The molecule has 0 spiro atoms. The van der Waals surface area contributed by atoms with Crippen molar-refractivity contribution in [3.05, 3.63) is 12.2 Å². The number of amides is 11. The Hall–Kier alpha value is -5.86. The highest BCUT2D eigenvalue weighted by molar-refractivity contribution is 7.99. The Morgan fingerprint density at radius 1 is 0.510 bits per heavy atom. The molecule has 0 aromatic heterocycles. The maximum absolute atomic E-state index is 15.5. The minimum absolute atomic E-state index is 0.0108. The third-order valence-electron chi connectivity index (χ3n) is 18.3. The van der Waals surface area contributed by atoms with Gasteiger partial charge in [-0.05, 0) is 121 Å². The van der Waals surface area contributed by atoms with Crippen LogP contribution in [0.2, 0.25) is 0 Å². The maximum atomic E-state index is 15.5. The van der Waals surface area contributed by atoms with Crippen molar-refractivity contribution in [2.24, 2.45) is 35.5 Å². The van der Waals surface area contributed by atoms with E-state index < -0.39 is 161 Å². The smallest absolute Gasteiger partial charge is 0.246 e. The van der Waals surface area contributed by atoms with Crippen LogP contribution in [0.3, 0.4) is 0 Å². The third kappa shape index (κ3) is 25.8. The number of allylic oxidation sites excluding steroid dienone is 2. The second-order valence-corrected chi connectivity index (χ2v) is 30.1. The van der Waals surface area contributed by atoms with Crippen molar-refractivity contribution in [2.45, 2.75) is 254 Å². The molecular weight excluding hydrogens is 1250 g/mol. The average Bonchev–Trinajstić information content (AvgIpc) is 0.811. The molecule has 13 atom stereocenters. The molecule has 96 heavy (non-hydrogen) atoms. The molecule has 0 aromatic rings. The zero-order chi connectivity index (χ0) is 74.1. The number of aliphatic hydroxyl groups excluding tert-OH is 1. The predicted octanol–water partition coefficient (Wildman–Crippen LogP) is 4.96. The molecule has 0 radical (unpaired) electrons. The largest absolute Gasteiger partial charge is 0.390 e. The van der Waals surface area contributed by atoms with Gasteiger partial charge in [0.15, 0.2) is 0 Å². The number of nitrogens with zero attached hydrogens (tertiary/aromatic N) is 7. The Morgan fingerprint density at radius 2 is 0.969 bits per heavy atom. The van der Waals surface area contributed by atoms with Gasteiger partial charge < -0.3 is 70.1 Å². The third-order valence-corrected chi connectivity index (χ3v) is 19.5. The average molecular weight is 1380 g/mol. The zero-order valence-electron chi connectivity index (χ0n) is 63.3. The van der Waals surface area contributed by atoms with Gasteiger partial charge in [-0.2, -0.15) is 11.8 Å². The fraction of sp³-hybridized carbons (Fsp3) is 0.814. The summed E-state index contributed by atoms with van der Waals surface area (Å²) < 4.78 is 11.1. The summed E-state index contributed by atoms with van der Waals surface area (Å²) in [4.78, 5) is 173. The number of hydrogen-bond donors (Lipinski definition) is 5. The van der Waals surface area contributed by atoms with E-state index in [0.29, 0.717) is 18.8 Å². The van der Waals surface area contributed by atoms with Crippen LogP contribution < -0.4 is 21.3 Å². The van der Waals surface area contributed by atoms with Crippen LogP contribution in [0, 0.1) is 35.5 Å². The van der Waals surface area contributed by atoms with E-state index in [9.17, 15) is 24.3 Å². The molecule has 26 heteroatoms. The first kappa shape index (κ1) is 88.2. The van der Waals surface area contributed by atoms with E-state index in [2.05, 4.69) is 21.3 Å². The normalized spacial score (nSPS) is 26.1. The summed E-state index contributed by atoms with van der Waals surface area (Å²) in [6.07, 6.45) is 5.07. The van der Waals surface area contributed by atoms with Crippen molar-refractivity contribution >= 4 is 76.7 Å². The lowest BCUT2D eigenvalue weighted by Crippen LogP contribution is -2.64. The molecule has 0 bridgehead atoms. The predicted molar refractivity (Wildman–Crippen MR) is 377 cm³/mol. The van der Waals surface area contributed by atoms with Crippen molar-refractivity contribution in [1.82, 2.24) is 55.6 Å². The van der Waals surface area contributed by atoms with Crippen LogP contribution in [-0.2, 0) is 62.2 Å². The van der Waals surface area contributed by atoms with E-state index in [-0.39, 0.29) is 55.6 Å². The Labute approximate surface area is 580 Å². The van der Waals surface area contributed by atoms with Gasteiger partial charge in [0.1, 0.15) is 66.5 Å². The van der Waals surface area contributed by atoms with E-state index in [1.165, 1.54) is 111 Å². The monoisotopic (exact) mass is 1380 g/mol. The number of nitrogens with one attached hydrogen (secondary N) is 4. The molecule has 1 heterocycles. The molecule has 0 saturated carbocycles. The van der Waals surface area contributed by atoms with Gasteiger partial charge >= 0.3 is 0 Å². The van der Waals surface area contributed by atoms with Gasteiger partial charge in [0.25, 0.3) is 0 Å². The summed E-state index contributed by atoms with van der Waals surface area (Å²) in [5.74, 6) is -9.29. The van der Waals surface area contributed by atoms with Gasteiger partial charge in [0, 0.05) is 82.3 Å². The van der Waals surface area contributed by atoms with Gasteiger partial charge in [-0.1, -0.05) is 102 Å². The summed E-state index contributed by atoms with van der Waals surface area (Å²) >= 11 is 1.42. The van der Waals surface area contributed by atoms with Crippen LogP contribution in [0.15, 0.2) is 12.2 Å². The standard InChI is InChI=1S/C70H127N11O14S/c1-27-29-33-46(13)58(82)57-62(86)73-49(28-2)64(88)79(22)54(40-96-35-32-30-31-34-94-25)67(91)78(21)53(39-70(16,17)95-26)61(85)74-55(44(9)10)68(92)75(18)50(36-41(3)4)60(84)71-47(14)59(83)72-48(15)63(87)76(19)51(37-42(5)6)65(89)77(20)52(38-43(7)8)66(90)80(23)56(45(11)12)69(93)81(57)24/h27,29,41-58,82H,28,30-40H2,1-26H3,(H,71,84)(H,72,83)(H,73,86)(H,74,85)/b29-27+/t46-,47+,48-,49+,50+,51+,52+,53+,54-,55+,56+,57+,58-/m1/s1. The lowest BCUT2D eigenvalue weighted by Gasteiger charge is -2.41. The van der Waals surface area contributed by atoms with Crippen molar-refractivity contribution < 1.29 is 67.3 Å². The van der Waals surface area contributed by atoms with Crippen LogP contribution in [0.4, 0.5) is 0 Å². The first-order valence-corrected chi connectivity index (χ1v) is 35.7. The second-order valence-electron chi connectivity index (χ2n) is 29.0. The highest BCUT2D eigenvalue weighted by Gasteiger charge is 2.47. The Bertz CT molecular complexity index is 2590. The van der Waals surface area contributed by atoms with Crippen LogP contribution in [0.25, 0.3) is 0 Å². The van der Waals surface area contributed by atoms with Gasteiger partial charge in [0.2, 0.25) is 65.0 Å². The molecule has 1 saturated heterocycles. The molecule has 5 N–H and O–H groups in total. The molecule has 552 valence electrons. The summed E-state index contributed by atoms with van der Waals surface area (Å²) in [6, 6.07) is -14.1. The van der Waals surface area contributed by atoms with Gasteiger partial charge in [-0.25, -0.2) is 0 Å². The SMILES string of the molecule is C/C=C/C[C@@H](C)[C@@H](O)[C@H]1C(=O)N[C@@H](CC)C(=O)N(C)[C@H](CSCCCCCOC)C(=O)N(C)[C@@H](CC(C)(C)OC)C(=O)N[C@@H](C(C)C)C(=O)N(C)[C@@H](CC(C)C)C(=O)N[C@@H](C)C(=O)N[C@H](C)C(=O)N(C)[C@@H](CC(C)C)C(=O)N(C)[C@@H](CC(C)C)C(=O)N(C)[C@@H](C(C)C)C(=O)N1C. The lowest BCUT2D eigenvalue weighted by molar-refractivity contribution is -0.157. The van der Waals surface area contributed by atoms with Crippen molar-refractivity contribution in [2.75, 3.05) is 81.7 Å². The molecule has 0 aliphatic carbocycles. The minimum Gasteiger partial charge on any atom is -0.390 e. The maximum Gasteiger partial charge on any atom is 0.246 e. The Balaban J connectivity index is 4.59. The molecule has 1 rings (SSSR count). The fourth-order valence-corrected chi connectivity index (χ4v) is 13.0. The van der Waals surface area contributed by atoms with Gasteiger partial charge in [-0.15, -0.1) is 0 Å². The molecule has 0 aromatic carbocycles. The first-order valence-electron chi connectivity index (χ1n) is 34.5. The number of hydrogen-bond acceptors (Lipinski definition) is 15. The molecule has 25 nitrogen and oxygen atoms in total. The van der Waals surface area contributed by atoms with E-state index >= 15 is 33.6 Å². The van der Waals surface area contributed by atoms with Crippen LogP contribution in [0.1, 0.15) is 175 Å². The number of rotatable bonds is 24. The van der Waals surface area contributed by atoms with E-state index in [1.54, 1.807) is 75.5 Å². The molecule has 1 fully saturated rings. The molecular formula is C70H127N11O14S. The highest BCUT2D eigenvalue weighted by atomic mass is 32.2. The fourth-order valence-electron chi connectivity index (χ4n) is 11.9. The summed E-state index contributed by atoms with van der Waals surface area (Å²) in [7, 11) is 13.1. The van der Waals surface area contributed by atoms with E-state index in [1.807, 2.05) is 47.6 Å². The van der Waals surface area contributed by atoms with Crippen molar-refractivity contribution in [1.29, 1.82) is 0 Å². The number of methoxy groups -OCH3 is 2. The van der Waals surface area contributed by atoms with Gasteiger partial charge in [-0.3, -0.25) is 52.7 Å². The van der Waals surface area contributed by atoms with E-state index in [4.69, 9.17) is 9.47 Å². The van der Waals surface area contributed by atoms with E-state index in [0.717, 1.165) is 24.2 Å². The van der Waals surface area contributed by atoms with Crippen molar-refractivity contribution in [3.8, 4) is 0 Å². The lowest BCUT2D eigenvalue weighted by atomic mass is 9.91. The Morgan fingerprint density at radius 3 is 1.46 bits per heavy atom. The number of unbranched alkanes of at least 4 members (excludes halogenated alkanes) is 2. The number of carbonyl (C=O) groups is 11. The molecule has 1 aliphatic rings. The Kier molecular flexibility index (Phi) is 38.1. The molecule has 1 aliphatic heterocycles. The van der Waals surface area contributed by atoms with Crippen LogP contribution >= 0.6 is 11.8 Å². The number of aliphatic hydroxyl groups is 1. The topological polar surface area (TPSA) is 297 Å². The van der Waals surface area contributed by atoms with Gasteiger partial charge in [0.05, 0.1) is 11.7 Å². The molecule has 11 amide bonds. The van der Waals surface area contributed by atoms with Crippen LogP contribution in [0.5, 0.6) is 0 Å². The summed E-state index contributed by atoms with van der Waals surface area (Å²) in [6.45, 7) is 30.2. The number of likely N-dealkylation sites (N-methyl/N-ethyl adjacent to an activating group) is 7. The number of carbonyl (C=O) groups excluding carboxylic acids is 11. The minimum atomic E-state index is -1.65. The highest BCUT2D eigenvalue weighted by Crippen LogP contribution is 2.27. The second kappa shape index (κ2) is 41.5. The van der Waals surface area contributed by atoms with Crippen LogP contribution in [-0.4, -0.2) is 264 Å². The number of ether oxygens (including phenoxy) is 2. The first-order chi connectivity index (χ1) is 44.5. The van der Waals surface area contributed by atoms with Crippen molar-refractivity contribution in [3.63, 3.8) is 0 Å². The summed E-state index contributed by atoms with van der Waals surface area (Å²) in [5.41, 5.74) is -1.04. The summed E-state index contributed by atoms with van der Waals surface area (Å²) in [5, 5.41) is 23.5. The molecule has 0 unspecified atom stereocenters. The quantitative estimate of drug-likeness (QED) is 0.0631. The zero-order valence-corrected chi connectivity index (χ0v) is 64.1. The number of thioether (sulfide) groups is 1.